The predicted molar refractivity (Wildman–Crippen MR) is 81.1 cm³/mol. The highest BCUT2D eigenvalue weighted by Crippen LogP contribution is 2.24. The van der Waals surface area contributed by atoms with Crippen LogP contribution in [0.15, 0.2) is 67.0 Å². The Morgan fingerprint density at radius 2 is 1.95 bits per heavy atom. The third-order valence-corrected chi connectivity index (χ3v) is 2.88. The fourth-order valence-corrected chi connectivity index (χ4v) is 1.88. The molecular weight excluding hydrogens is 266 g/mol. The van der Waals surface area contributed by atoms with E-state index in [9.17, 15) is 4.79 Å². The van der Waals surface area contributed by atoms with Crippen LogP contribution in [0.2, 0.25) is 0 Å². The third kappa shape index (κ3) is 4.04. The van der Waals surface area contributed by atoms with Gasteiger partial charge in [0.05, 0.1) is 7.11 Å². The Balaban J connectivity index is 2.42. The van der Waals surface area contributed by atoms with Gasteiger partial charge in [-0.15, -0.1) is 0 Å². The number of carboxylic acid groups (broad SMARTS) is 1. The molecule has 1 heterocycles. The lowest BCUT2D eigenvalue weighted by atomic mass is 9.99. The molecule has 1 aromatic heterocycles. The van der Waals surface area contributed by atoms with Gasteiger partial charge in [-0.3, -0.25) is 4.98 Å². The maximum absolute atomic E-state index is 10.6. The van der Waals surface area contributed by atoms with Crippen molar-refractivity contribution in [3.63, 3.8) is 0 Å². The van der Waals surface area contributed by atoms with E-state index in [2.05, 4.69) is 4.98 Å². The summed E-state index contributed by atoms with van der Waals surface area (Å²) in [5.41, 5.74) is 2.76. The van der Waals surface area contributed by atoms with Crippen molar-refractivity contribution in [2.75, 3.05) is 7.11 Å². The first-order chi connectivity index (χ1) is 10.2. The number of hydrogen-bond acceptors (Lipinski definition) is 3. The number of aromatic nitrogens is 1. The number of carboxylic acids is 1. The zero-order chi connectivity index (χ0) is 15.1. The molecule has 0 aliphatic rings. The molecule has 2 aromatic rings. The lowest BCUT2D eigenvalue weighted by Gasteiger charge is -2.08. The molecule has 0 amide bonds. The highest BCUT2D eigenvalue weighted by Gasteiger charge is 2.04. The number of carbonyl (C=O) groups is 1. The monoisotopic (exact) mass is 281 g/mol. The molecule has 0 aliphatic carbocycles. The maximum Gasteiger partial charge on any atom is 0.328 e. The first kappa shape index (κ1) is 14.5. The fraction of sp³-hybridized carbons (Fsp3) is 0.0588. The number of hydrogen-bond donors (Lipinski definition) is 1. The topological polar surface area (TPSA) is 59.4 Å². The van der Waals surface area contributed by atoms with Gasteiger partial charge in [-0.05, 0) is 29.3 Å². The summed E-state index contributed by atoms with van der Waals surface area (Å²) in [5, 5.41) is 8.69. The second-order valence-corrected chi connectivity index (χ2v) is 4.25. The van der Waals surface area contributed by atoms with Gasteiger partial charge in [0, 0.05) is 24.0 Å². The van der Waals surface area contributed by atoms with Crippen LogP contribution in [-0.2, 0) is 4.79 Å². The molecule has 0 saturated heterocycles. The normalized spacial score (nSPS) is 11.6. The molecule has 1 aromatic carbocycles. The van der Waals surface area contributed by atoms with Gasteiger partial charge in [0.2, 0.25) is 0 Å². The Labute approximate surface area is 123 Å². The fourth-order valence-electron chi connectivity index (χ4n) is 1.88. The first-order valence-corrected chi connectivity index (χ1v) is 6.37. The van der Waals surface area contributed by atoms with Gasteiger partial charge in [0.25, 0.3) is 0 Å². The second kappa shape index (κ2) is 7.05. The molecule has 4 nitrogen and oxygen atoms in total. The van der Waals surface area contributed by atoms with Crippen LogP contribution >= 0.6 is 0 Å². The highest BCUT2D eigenvalue weighted by atomic mass is 16.5. The quantitative estimate of drug-likeness (QED) is 0.675. The van der Waals surface area contributed by atoms with Crippen molar-refractivity contribution in [3.05, 3.63) is 78.1 Å². The molecule has 106 valence electrons. The molecule has 0 atom stereocenters. The average molecular weight is 281 g/mol. The number of methoxy groups -OCH3 is 1. The van der Waals surface area contributed by atoms with E-state index in [0.717, 1.165) is 28.5 Å². The molecule has 0 spiro atoms. The van der Waals surface area contributed by atoms with E-state index in [1.165, 1.54) is 6.08 Å². The number of nitrogens with zero attached hydrogens (tertiary/aromatic N) is 1. The Morgan fingerprint density at radius 1 is 1.19 bits per heavy atom. The zero-order valence-electron chi connectivity index (χ0n) is 11.6. The minimum absolute atomic E-state index is 0.769. The van der Waals surface area contributed by atoms with Crippen molar-refractivity contribution in [1.29, 1.82) is 0 Å². The summed E-state index contributed by atoms with van der Waals surface area (Å²) in [6.45, 7) is 0. The van der Waals surface area contributed by atoms with Gasteiger partial charge < -0.3 is 9.84 Å². The van der Waals surface area contributed by atoms with Crippen LogP contribution in [-0.4, -0.2) is 23.2 Å². The van der Waals surface area contributed by atoms with Crippen LogP contribution in [0, 0.1) is 0 Å². The van der Waals surface area contributed by atoms with E-state index >= 15 is 0 Å². The largest absolute Gasteiger partial charge is 0.497 e. The summed E-state index contributed by atoms with van der Waals surface area (Å²) in [5.74, 6) is -0.211. The summed E-state index contributed by atoms with van der Waals surface area (Å²) < 4.78 is 5.14. The summed E-state index contributed by atoms with van der Waals surface area (Å²) >= 11 is 0. The molecular formula is C17H15NO3. The third-order valence-electron chi connectivity index (χ3n) is 2.88. The van der Waals surface area contributed by atoms with Gasteiger partial charge in [-0.2, -0.15) is 0 Å². The highest BCUT2D eigenvalue weighted by molar-refractivity contribution is 5.83. The van der Waals surface area contributed by atoms with Crippen molar-refractivity contribution >= 4 is 11.5 Å². The summed E-state index contributed by atoms with van der Waals surface area (Å²) in [6.07, 6.45) is 7.80. The summed E-state index contributed by atoms with van der Waals surface area (Å²) in [4.78, 5) is 14.7. The van der Waals surface area contributed by atoms with E-state index in [1.807, 2.05) is 36.4 Å². The van der Waals surface area contributed by atoms with Crippen molar-refractivity contribution in [2.45, 2.75) is 0 Å². The van der Waals surface area contributed by atoms with Gasteiger partial charge >= 0.3 is 5.97 Å². The average Bonchev–Trinajstić information content (AvgIpc) is 2.52. The second-order valence-electron chi connectivity index (χ2n) is 4.25. The van der Waals surface area contributed by atoms with Crippen LogP contribution in [0.3, 0.4) is 0 Å². The SMILES string of the molecule is COc1ccc(/C(=C/C=C/C(=O)O)c2cccnc2)cc1. The number of ether oxygens (including phenoxy) is 1. The standard InChI is InChI=1S/C17H15NO3/c1-21-15-9-7-13(8-10-15)16(5-2-6-17(19)20)14-4-3-11-18-12-14/h2-12H,1H3,(H,19,20)/b6-2+,16-5-. The first-order valence-electron chi connectivity index (χ1n) is 6.37. The Bertz CT molecular complexity index is 658. The van der Waals surface area contributed by atoms with E-state index in [-0.39, 0.29) is 0 Å². The van der Waals surface area contributed by atoms with Crippen LogP contribution < -0.4 is 4.74 Å². The van der Waals surface area contributed by atoms with Gasteiger partial charge in [0.1, 0.15) is 5.75 Å². The molecule has 21 heavy (non-hydrogen) atoms. The molecule has 2 rings (SSSR count). The lowest BCUT2D eigenvalue weighted by Crippen LogP contribution is -1.90. The number of aliphatic carboxylic acids is 1. The Hall–Kier alpha value is -2.88. The van der Waals surface area contributed by atoms with Crippen LogP contribution in [0.1, 0.15) is 11.1 Å². The number of benzene rings is 1. The lowest BCUT2D eigenvalue weighted by molar-refractivity contribution is -0.131. The van der Waals surface area contributed by atoms with E-state index in [1.54, 1.807) is 25.6 Å². The van der Waals surface area contributed by atoms with Crippen molar-refractivity contribution in [3.8, 4) is 5.75 Å². The molecule has 1 N–H and O–H groups in total. The van der Waals surface area contributed by atoms with Crippen LogP contribution in [0.25, 0.3) is 5.57 Å². The zero-order valence-corrected chi connectivity index (χ0v) is 11.6. The van der Waals surface area contributed by atoms with Gasteiger partial charge in [-0.1, -0.05) is 30.4 Å². The van der Waals surface area contributed by atoms with E-state index in [0.29, 0.717) is 0 Å². The van der Waals surface area contributed by atoms with Crippen molar-refractivity contribution in [2.24, 2.45) is 0 Å². The Morgan fingerprint density at radius 3 is 2.52 bits per heavy atom. The maximum atomic E-state index is 10.6. The molecule has 0 radical (unpaired) electrons. The van der Waals surface area contributed by atoms with E-state index in [4.69, 9.17) is 9.84 Å². The predicted octanol–water partition coefficient (Wildman–Crippen LogP) is 3.16. The molecule has 0 fully saturated rings. The Kier molecular flexibility index (Phi) is 4.88. The number of pyridine rings is 1. The van der Waals surface area contributed by atoms with Gasteiger partial charge in [-0.25, -0.2) is 4.79 Å². The van der Waals surface area contributed by atoms with E-state index < -0.39 is 5.97 Å². The summed E-state index contributed by atoms with van der Waals surface area (Å²) in [6, 6.07) is 11.3. The smallest absolute Gasteiger partial charge is 0.328 e. The number of rotatable bonds is 5. The summed E-state index contributed by atoms with van der Waals surface area (Å²) in [7, 11) is 1.61. The van der Waals surface area contributed by atoms with Crippen LogP contribution in [0.5, 0.6) is 5.75 Å². The molecule has 4 heteroatoms. The minimum Gasteiger partial charge on any atom is -0.497 e. The minimum atomic E-state index is -0.980. The molecule has 0 aliphatic heterocycles. The number of allylic oxidation sites excluding steroid dienone is 2. The van der Waals surface area contributed by atoms with Gasteiger partial charge in [0.15, 0.2) is 0 Å². The molecule has 0 unspecified atom stereocenters. The molecule has 0 saturated carbocycles. The van der Waals surface area contributed by atoms with Crippen LogP contribution in [0.4, 0.5) is 0 Å². The van der Waals surface area contributed by atoms with Crippen molar-refractivity contribution in [1.82, 2.24) is 4.98 Å². The molecule has 0 bridgehead atoms. The van der Waals surface area contributed by atoms with Crippen molar-refractivity contribution < 1.29 is 14.6 Å².